The molecule has 0 aliphatic carbocycles. The molecule has 0 fully saturated rings. The summed E-state index contributed by atoms with van der Waals surface area (Å²) < 4.78 is 30.6. The van der Waals surface area contributed by atoms with Gasteiger partial charge in [0, 0.05) is 6.54 Å². The first-order valence-corrected chi connectivity index (χ1v) is 7.55. The van der Waals surface area contributed by atoms with Crippen LogP contribution in [0, 0.1) is 6.92 Å². The van der Waals surface area contributed by atoms with Crippen LogP contribution < -0.4 is 4.72 Å². The summed E-state index contributed by atoms with van der Waals surface area (Å²) in [5, 5.41) is 0. The molecule has 5 nitrogen and oxygen atoms in total. The van der Waals surface area contributed by atoms with Crippen molar-refractivity contribution >= 4 is 31.9 Å². The first-order chi connectivity index (χ1) is 8.36. The van der Waals surface area contributed by atoms with Crippen LogP contribution in [0.25, 0.3) is 0 Å². The van der Waals surface area contributed by atoms with E-state index in [4.69, 9.17) is 0 Å². The van der Waals surface area contributed by atoms with Gasteiger partial charge in [0.15, 0.2) is 0 Å². The average Bonchev–Trinajstić information content (AvgIpc) is 2.35. The Labute approximate surface area is 115 Å². The van der Waals surface area contributed by atoms with Crippen LogP contribution in [0.4, 0.5) is 0 Å². The highest BCUT2D eigenvalue weighted by Gasteiger charge is 2.20. The molecule has 1 atom stereocenters. The molecule has 1 rings (SSSR count). The SMILES string of the molecule is COC(=O)C(Br)CNS(=O)(=O)c1ccc(C)cc1. The van der Waals surface area contributed by atoms with E-state index in [1.54, 1.807) is 12.1 Å². The van der Waals surface area contributed by atoms with Crippen molar-refractivity contribution in [3.8, 4) is 0 Å². The molecule has 0 spiro atoms. The summed E-state index contributed by atoms with van der Waals surface area (Å²) in [6.45, 7) is 1.80. The molecule has 0 aromatic heterocycles. The van der Waals surface area contributed by atoms with Gasteiger partial charge in [-0.3, -0.25) is 4.79 Å². The molecule has 0 saturated carbocycles. The highest BCUT2D eigenvalue weighted by molar-refractivity contribution is 9.10. The van der Waals surface area contributed by atoms with Crippen LogP contribution in [0.5, 0.6) is 0 Å². The van der Waals surface area contributed by atoms with E-state index >= 15 is 0 Å². The fourth-order valence-electron chi connectivity index (χ4n) is 1.19. The monoisotopic (exact) mass is 335 g/mol. The van der Waals surface area contributed by atoms with Gasteiger partial charge in [-0.05, 0) is 19.1 Å². The quantitative estimate of drug-likeness (QED) is 0.648. The van der Waals surface area contributed by atoms with Crippen molar-refractivity contribution < 1.29 is 17.9 Å². The molecule has 7 heteroatoms. The Morgan fingerprint density at radius 2 is 1.94 bits per heavy atom. The molecule has 1 N–H and O–H groups in total. The van der Waals surface area contributed by atoms with E-state index in [9.17, 15) is 13.2 Å². The van der Waals surface area contributed by atoms with Gasteiger partial charge in [0.2, 0.25) is 10.0 Å². The molecule has 0 bridgehead atoms. The van der Waals surface area contributed by atoms with Crippen molar-refractivity contribution in [3.05, 3.63) is 29.8 Å². The minimum atomic E-state index is -3.60. The summed E-state index contributed by atoms with van der Waals surface area (Å²) in [6, 6.07) is 6.44. The molecule has 0 saturated heterocycles. The topological polar surface area (TPSA) is 72.5 Å². The lowest BCUT2D eigenvalue weighted by atomic mass is 10.2. The maximum absolute atomic E-state index is 11.9. The number of methoxy groups -OCH3 is 1. The van der Waals surface area contributed by atoms with Gasteiger partial charge in [-0.25, -0.2) is 13.1 Å². The number of halogens is 1. The van der Waals surface area contributed by atoms with Crippen molar-refractivity contribution in [1.82, 2.24) is 4.72 Å². The number of hydrogen-bond donors (Lipinski definition) is 1. The molecule has 0 heterocycles. The number of alkyl halides is 1. The fourth-order valence-corrected chi connectivity index (χ4v) is 2.81. The summed E-state index contributed by atoms with van der Waals surface area (Å²) in [5.41, 5.74) is 0.974. The van der Waals surface area contributed by atoms with E-state index in [2.05, 4.69) is 25.4 Å². The number of ether oxygens (including phenoxy) is 1. The van der Waals surface area contributed by atoms with E-state index in [1.165, 1.54) is 19.2 Å². The van der Waals surface area contributed by atoms with Crippen LogP contribution in [-0.2, 0) is 19.6 Å². The molecule has 1 unspecified atom stereocenters. The highest BCUT2D eigenvalue weighted by Crippen LogP contribution is 2.10. The first kappa shape index (κ1) is 15.1. The van der Waals surface area contributed by atoms with Gasteiger partial charge in [-0.2, -0.15) is 0 Å². The van der Waals surface area contributed by atoms with Gasteiger partial charge in [0.05, 0.1) is 12.0 Å². The van der Waals surface area contributed by atoms with Crippen LogP contribution >= 0.6 is 15.9 Å². The van der Waals surface area contributed by atoms with Crippen LogP contribution in [0.15, 0.2) is 29.2 Å². The van der Waals surface area contributed by atoms with Gasteiger partial charge in [0.1, 0.15) is 4.83 Å². The molecular weight excluding hydrogens is 322 g/mol. The van der Waals surface area contributed by atoms with Gasteiger partial charge < -0.3 is 4.74 Å². The Morgan fingerprint density at radius 3 is 2.44 bits per heavy atom. The van der Waals surface area contributed by atoms with Crippen molar-refractivity contribution in [2.24, 2.45) is 0 Å². The number of aryl methyl sites for hydroxylation is 1. The largest absolute Gasteiger partial charge is 0.468 e. The molecule has 100 valence electrons. The van der Waals surface area contributed by atoms with Crippen LogP contribution in [-0.4, -0.2) is 32.9 Å². The Morgan fingerprint density at radius 1 is 1.39 bits per heavy atom. The van der Waals surface area contributed by atoms with Gasteiger partial charge in [-0.15, -0.1) is 0 Å². The second-order valence-corrected chi connectivity index (χ2v) is 6.53. The minimum Gasteiger partial charge on any atom is -0.468 e. The van der Waals surface area contributed by atoms with E-state index in [0.717, 1.165) is 5.56 Å². The van der Waals surface area contributed by atoms with E-state index < -0.39 is 20.8 Å². The normalized spacial score (nSPS) is 13.1. The van der Waals surface area contributed by atoms with Crippen molar-refractivity contribution in [1.29, 1.82) is 0 Å². The van der Waals surface area contributed by atoms with E-state index in [0.29, 0.717) is 0 Å². The first-order valence-electron chi connectivity index (χ1n) is 5.15. The van der Waals surface area contributed by atoms with Gasteiger partial charge in [0.25, 0.3) is 0 Å². The lowest BCUT2D eigenvalue weighted by Gasteiger charge is -2.10. The second-order valence-electron chi connectivity index (χ2n) is 3.66. The Kier molecular flexibility index (Phi) is 5.30. The van der Waals surface area contributed by atoms with E-state index in [1.807, 2.05) is 6.92 Å². The Balaban J connectivity index is 2.71. The number of hydrogen-bond acceptors (Lipinski definition) is 4. The van der Waals surface area contributed by atoms with Gasteiger partial charge >= 0.3 is 5.97 Å². The zero-order valence-corrected chi connectivity index (χ0v) is 12.4. The van der Waals surface area contributed by atoms with Gasteiger partial charge in [-0.1, -0.05) is 33.6 Å². The summed E-state index contributed by atoms with van der Waals surface area (Å²) >= 11 is 3.04. The van der Waals surface area contributed by atoms with Crippen molar-refractivity contribution in [3.63, 3.8) is 0 Å². The summed E-state index contributed by atoms with van der Waals surface area (Å²) in [5.74, 6) is -0.526. The number of rotatable bonds is 5. The van der Waals surface area contributed by atoms with Crippen molar-refractivity contribution in [2.45, 2.75) is 16.6 Å². The zero-order valence-electron chi connectivity index (χ0n) is 10.0. The predicted octanol–water partition coefficient (Wildman–Crippen LogP) is 1.21. The number of sulfonamides is 1. The Hall–Kier alpha value is -0.920. The predicted molar refractivity (Wildman–Crippen MR) is 71.1 cm³/mol. The molecule has 0 aliphatic rings. The second kappa shape index (κ2) is 6.31. The number of benzene rings is 1. The third kappa shape index (κ3) is 4.08. The zero-order chi connectivity index (χ0) is 13.8. The van der Waals surface area contributed by atoms with Crippen LogP contribution in [0.1, 0.15) is 5.56 Å². The Bertz CT molecular complexity index is 512. The van der Waals surface area contributed by atoms with E-state index in [-0.39, 0.29) is 11.4 Å². The molecule has 0 radical (unpaired) electrons. The summed E-state index contributed by atoms with van der Waals surface area (Å²) in [6.07, 6.45) is 0. The fraction of sp³-hybridized carbons (Fsp3) is 0.364. The molecule has 18 heavy (non-hydrogen) atoms. The maximum Gasteiger partial charge on any atom is 0.320 e. The lowest BCUT2D eigenvalue weighted by Crippen LogP contribution is -2.33. The average molecular weight is 336 g/mol. The molecule has 1 aromatic carbocycles. The smallest absolute Gasteiger partial charge is 0.320 e. The number of carbonyl (C=O) groups is 1. The maximum atomic E-state index is 11.9. The molecule has 0 aliphatic heterocycles. The van der Waals surface area contributed by atoms with Crippen LogP contribution in [0.3, 0.4) is 0 Å². The molecule has 1 aromatic rings. The third-order valence-corrected chi connectivity index (χ3v) is 4.38. The minimum absolute atomic E-state index is 0.0666. The molecular formula is C11H14BrNO4S. The number of carbonyl (C=O) groups excluding carboxylic acids is 1. The molecule has 0 amide bonds. The van der Waals surface area contributed by atoms with Crippen LogP contribution in [0.2, 0.25) is 0 Å². The summed E-state index contributed by atoms with van der Waals surface area (Å²) in [7, 11) is -2.36. The lowest BCUT2D eigenvalue weighted by molar-refractivity contribution is -0.139. The highest BCUT2D eigenvalue weighted by atomic mass is 79.9. The number of nitrogens with one attached hydrogen (secondary N) is 1. The number of esters is 1. The van der Waals surface area contributed by atoms with Crippen molar-refractivity contribution in [2.75, 3.05) is 13.7 Å². The summed E-state index contributed by atoms with van der Waals surface area (Å²) in [4.78, 5) is 10.6. The standard InChI is InChI=1S/C11H14BrNO4S/c1-8-3-5-9(6-4-8)18(15,16)13-7-10(12)11(14)17-2/h3-6,10,13H,7H2,1-2H3. The third-order valence-electron chi connectivity index (χ3n) is 2.24.